The van der Waals surface area contributed by atoms with Gasteiger partial charge in [0, 0.05) is 0 Å². The van der Waals surface area contributed by atoms with Crippen molar-refractivity contribution in [1.29, 1.82) is 0 Å². The van der Waals surface area contributed by atoms with E-state index in [4.69, 9.17) is 10.3 Å². The molecule has 1 aromatic rings. The van der Waals surface area contributed by atoms with Crippen LogP contribution in [0.4, 0.5) is 0 Å². The van der Waals surface area contributed by atoms with Crippen LogP contribution in [-0.4, -0.2) is 22.6 Å². The van der Waals surface area contributed by atoms with E-state index in [-0.39, 0.29) is 5.82 Å². The highest BCUT2D eigenvalue weighted by molar-refractivity contribution is 5.88. The number of nitrogens with one attached hydrogen (secondary N) is 1. The van der Waals surface area contributed by atoms with Gasteiger partial charge in [0.2, 0.25) is 5.89 Å². The predicted molar refractivity (Wildman–Crippen MR) is 49.4 cm³/mol. The highest BCUT2D eigenvalue weighted by Crippen LogP contribution is 1.96. The van der Waals surface area contributed by atoms with Gasteiger partial charge in [-0.3, -0.25) is 4.79 Å². The minimum Gasteiger partial charge on any atom is -0.363 e. The van der Waals surface area contributed by atoms with Gasteiger partial charge in [0.1, 0.15) is 0 Å². The highest BCUT2D eigenvalue weighted by Gasteiger charge is 2.10. The van der Waals surface area contributed by atoms with Gasteiger partial charge in [-0.1, -0.05) is 19.0 Å². The molecule has 0 saturated heterocycles. The van der Waals surface area contributed by atoms with Gasteiger partial charge in [-0.05, 0) is 12.5 Å². The lowest BCUT2D eigenvalue weighted by Crippen LogP contribution is -2.19. The quantitative estimate of drug-likeness (QED) is 0.689. The normalized spacial score (nSPS) is 10.8. The minimum absolute atomic E-state index is 0.0775. The first-order chi connectivity index (χ1) is 6.59. The average Bonchev–Trinajstić information content (AvgIpc) is 2.52. The average molecular weight is 198 g/mol. The van der Waals surface area contributed by atoms with Crippen LogP contribution in [0.3, 0.4) is 0 Å². The molecule has 0 aliphatic heterocycles. The topological polar surface area (TPSA) is 94.0 Å². The lowest BCUT2D eigenvalue weighted by Gasteiger charge is -2.03. The second-order valence-electron chi connectivity index (χ2n) is 3.40. The van der Waals surface area contributed by atoms with Crippen LogP contribution in [0.25, 0.3) is 0 Å². The second kappa shape index (κ2) is 4.71. The van der Waals surface area contributed by atoms with Crippen LogP contribution < -0.4 is 11.1 Å². The van der Waals surface area contributed by atoms with E-state index in [2.05, 4.69) is 29.3 Å². The van der Waals surface area contributed by atoms with Gasteiger partial charge in [-0.2, -0.15) is 4.98 Å². The minimum atomic E-state index is -0.677. The molecule has 78 valence electrons. The van der Waals surface area contributed by atoms with Crippen LogP contribution in [0.2, 0.25) is 0 Å². The van der Waals surface area contributed by atoms with E-state index in [0.717, 1.165) is 6.54 Å². The Morgan fingerprint density at radius 1 is 1.64 bits per heavy atom. The van der Waals surface area contributed by atoms with Crippen molar-refractivity contribution in [2.75, 3.05) is 6.54 Å². The summed E-state index contributed by atoms with van der Waals surface area (Å²) in [5.74, 6) is 0.170. The molecule has 0 unspecified atom stereocenters. The number of hydrogen-bond acceptors (Lipinski definition) is 5. The van der Waals surface area contributed by atoms with Crippen LogP contribution in [0.15, 0.2) is 4.52 Å². The zero-order valence-electron chi connectivity index (χ0n) is 8.28. The van der Waals surface area contributed by atoms with Gasteiger partial charge in [0.05, 0.1) is 6.54 Å². The Morgan fingerprint density at radius 3 is 2.86 bits per heavy atom. The lowest BCUT2D eigenvalue weighted by atomic mass is 10.2. The molecular weight excluding hydrogens is 184 g/mol. The van der Waals surface area contributed by atoms with Crippen molar-refractivity contribution in [2.24, 2.45) is 11.7 Å². The molecule has 1 rings (SSSR count). The maximum absolute atomic E-state index is 10.6. The van der Waals surface area contributed by atoms with E-state index in [9.17, 15) is 4.79 Å². The number of nitrogens with zero attached hydrogens (tertiary/aromatic N) is 2. The fourth-order valence-corrected chi connectivity index (χ4v) is 0.895. The Bertz CT molecular complexity index is 308. The SMILES string of the molecule is CC(C)CNCc1nc(C(N)=O)no1. The number of carbonyl (C=O) groups excluding carboxylic acids is 1. The molecule has 0 saturated carbocycles. The Balaban J connectivity index is 2.40. The van der Waals surface area contributed by atoms with E-state index in [1.54, 1.807) is 0 Å². The molecule has 0 spiro atoms. The summed E-state index contributed by atoms with van der Waals surface area (Å²) in [6.45, 7) is 5.50. The number of hydrogen-bond donors (Lipinski definition) is 2. The zero-order valence-corrected chi connectivity index (χ0v) is 8.28. The first kappa shape index (κ1) is 10.6. The summed E-state index contributed by atoms with van der Waals surface area (Å²) in [7, 11) is 0. The third-order valence-electron chi connectivity index (χ3n) is 1.52. The molecule has 1 heterocycles. The van der Waals surface area contributed by atoms with Crippen molar-refractivity contribution < 1.29 is 9.32 Å². The van der Waals surface area contributed by atoms with Crippen LogP contribution in [0.5, 0.6) is 0 Å². The summed E-state index contributed by atoms with van der Waals surface area (Å²) < 4.78 is 4.78. The summed E-state index contributed by atoms with van der Waals surface area (Å²) in [4.78, 5) is 14.4. The lowest BCUT2D eigenvalue weighted by molar-refractivity contribution is 0.0987. The molecule has 0 atom stereocenters. The van der Waals surface area contributed by atoms with E-state index in [1.165, 1.54) is 0 Å². The van der Waals surface area contributed by atoms with Crippen molar-refractivity contribution >= 4 is 5.91 Å². The summed E-state index contributed by atoms with van der Waals surface area (Å²) in [6.07, 6.45) is 0. The van der Waals surface area contributed by atoms with Crippen molar-refractivity contribution in [3.8, 4) is 0 Å². The molecule has 1 amide bonds. The third-order valence-corrected chi connectivity index (χ3v) is 1.52. The molecule has 6 nitrogen and oxygen atoms in total. The summed E-state index contributed by atoms with van der Waals surface area (Å²) in [6, 6.07) is 0. The number of nitrogens with two attached hydrogens (primary N) is 1. The molecule has 0 bridgehead atoms. The Labute approximate surface area is 81.9 Å². The Hall–Kier alpha value is -1.43. The summed E-state index contributed by atoms with van der Waals surface area (Å²) >= 11 is 0. The van der Waals surface area contributed by atoms with Gasteiger partial charge < -0.3 is 15.6 Å². The summed E-state index contributed by atoms with van der Waals surface area (Å²) in [5.41, 5.74) is 4.96. The zero-order chi connectivity index (χ0) is 10.6. The van der Waals surface area contributed by atoms with Crippen LogP contribution in [0, 0.1) is 5.92 Å². The second-order valence-corrected chi connectivity index (χ2v) is 3.40. The first-order valence-corrected chi connectivity index (χ1v) is 4.42. The Kier molecular flexibility index (Phi) is 3.58. The number of aromatic nitrogens is 2. The molecule has 0 fully saturated rings. The van der Waals surface area contributed by atoms with Gasteiger partial charge in [0.25, 0.3) is 11.7 Å². The van der Waals surface area contributed by atoms with Crippen molar-refractivity contribution in [2.45, 2.75) is 20.4 Å². The van der Waals surface area contributed by atoms with Crippen molar-refractivity contribution in [3.05, 3.63) is 11.7 Å². The molecule has 0 radical (unpaired) electrons. The monoisotopic (exact) mass is 198 g/mol. The summed E-state index contributed by atoms with van der Waals surface area (Å²) in [5, 5.41) is 6.52. The Morgan fingerprint density at radius 2 is 2.36 bits per heavy atom. The maximum atomic E-state index is 10.6. The van der Waals surface area contributed by atoms with Crippen LogP contribution in [0.1, 0.15) is 30.4 Å². The molecule has 0 aliphatic carbocycles. The fourth-order valence-electron chi connectivity index (χ4n) is 0.895. The van der Waals surface area contributed by atoms with Crippen LogP contribution >= 0.6 is 0 Å². The smallest absolute Gasteiger partial charge is 0.290 e. The molecule has 1 aromatic heterocycles. The third kappa shape index (κ3) is 3.14. The van der Waals surface area contributed by atoms with E-state index in [0.29, 0.717) is 18.4 Å². The van der Waals surface area contributed by atoms with Crippen LogP contribution in [-0.2, 0) is 6.54 Å². The molecule has 0 aliphatic rings. The van der Waals surface area contributed by atoms with Gasteiger partial charge >= 0.3 is 0 Å². The fraction of sp³-hybridized carbons (Fsp3) is 0.625. The van der Waals surface area contributed by atoms with Gasteiger partial charge in [-0.15, -0.1) is 0 Å². The molecule has 3 N–H and O–H groups in total. The van der Waals surface area contributed by atoms with Gasteiger partial charge in [0.15, 0.2) is 0 Å². The largest absolute Gasteiger partial charge is 0.363 e. The van der Waals surface area contributed by atoms with E-state index in [1.807, 2.05) is 0 Å². The number of amides is 1. The van der Waals surface area contributed by atoms with Crippen molar-refractivity contribution in [1.82, 2.24) is 15.5 Å². The van der Waals surface area contributed by atoms with Gasteiger partial charge in [-0.25, -0.2) is 0 Å². The number of carbonyl (C=O) groups is 1. The predicted octanol–water partition coefficient (Wildman–Crippen LogP) is -0.0859. The molecule has 0 aromatic carbocycles. The van der Waals surface area contributed by atoms with E-state index >= 15 is 0 Å². The highest BCUT2D eigenvalue weighted by atomic mass is 16.5. The molecule has 14 heavy (non-hydrogen) atoms. The maximum Gasteiger partial charge on any atom is 0.290 e. The van der Waals surface area contributed by atoms with E-state index < -0.39 is 5.91 Å². The number of rotatable bonds is 5. The standard InChI is InChI=1S/C8H14N4O2/c1-5(2)3-10-4-6-11-8(7(9)13)12-14-6/h5,10H,3-4H2,1-2H3,(H2,9,13). The molecule has 6 heteroatoms. The first-order valence-electron chi connectivity index (χ1n) is 4.42. The number of primary amides is 1. The molecular formula is C8H14N4O2. The van der Waals surface area contributed by atoms with Crippen molar-refractivity contribution in [3.63, 3.8) is 0 Å².